The molecule has 0 bridgehead atoms. The Morgan fingerprint density at radius 2 is 1.96 bits per heavy atom. The summed E-state index contributed by atoms with van der Waals surface area (Å²) in [6, 6.07) is 11.1. The molecule has 2 aromatic carbocycles. The van der Waals surface area contributed by atoms with Gasteiger partial charge in [-0.15, -0.1) is 0 Å². The molecule has 0 unspecified atom stereocenters. The van der Waals surface area contributed by atoms with Gasteiger partial charge in [-0.05, 0) is 29.8 Å². The van der Waals surface area contributed by atoms with E-state index in [0.717, 1.165) is 0 Å². The fraction of sp³-hybridized carbons (Fsp3) is 0.222. The number of hydrogen-bond acceptors (Lipinski definition) is 3. The quantitative estimate of drug-likeness (QED) is 0.856. The molecule has 0 saturated heterocycles. The molecule has 0 aliphatic heterocycles. The van der Waals surface area contributed by atoms with Crippen LogP contribution in [0.2, 0.25) is 5.02 Å². The number of benzene rings is 2. The van der Waals surface area contributed by atoms with Crippen molar-refractivity contribution in [1.82, 2.24) is 4.90 Å². The van der Waals surface area contributed by atoms with Gasteiger partial charge in [0.15, 0.2) is 11.6 Å². The molecule has 0 aliphatic rings. The zero-order chi connectivity index (χ0) is 18.4. The first-order chi connectivity index (χ1) is 11.9. The van der Waals surface area contributed by atoms with Crippen LogP contribution in [-0.4, -0.2) is 37.4 Å². The Balaban J connectivity index is 1.92. The van der Waals surface area contributed by atoms with E-state index in [2.05, 4.69) is 5.32 Å². The van der Waals surface area contributed by atoms with Gasteiger partial charge in [-0.3, -0.25) is 9.59 Å². The molecule has 0 spiro atoms. The van der Waals surface area contributed by atoms with Crippen molar-refractivity contribution in [3.63, 3.8) is 0 Å². The van der Waals surface area contributed by atoms with E-state index in [4.69, 9.17) is 16.3 Å². The second-order valence-electron chi connectivity index (χ2n) is 5.42. The minimum absolute atomic E-state index is 0.0171. The van der Waals surface area contributed by atoms with E-state index in [1.165, 1.54) is 31.2 Å². The number of halogens is 2. The summed E-state index contributed by atoms with van der Waals surface area (Å²) in [5.74, 6) is -1.10. The molecule has 25 heavy (non-hydrogen) atoms. The summed E-state index contributed by atoms with van der Waals surface area (Å²) < 4.78 is 18.5. The van der Waals surface area contributed by atoms with E-state index in [-0.39, 0.29) is 30.5 Å². The molecule has 0 radical (unpaired) electrons. The highest BCUT2D eigenvalue weighted by atomic mass is 35.5. The number of rotatable bonds is 6. The van der Waals surface area contributed by atoms with Crippen LogP contribution in [0, 0.1) is 5.82 Å². The lowest BCUT2D eigenvalue weighted by atomic mass is 10.1. The lowest BCUT2D eigenvalue weighted by Crippen LogP contribution is -2.35. The number of para-hydroxylation sites is 1. The molecule has 0 atom stereocenters. The van der Waals surface area contributed by atoms with E-state index >= 15 is 0 Å². The summed E-state index contributed by atoms with van der Waals surface area (Å²) in [7, 11) is 2.88. The third-order valence-electron chi connectivity index (χ3n) is 3.53. The lowest BCUT2D eigenvalue weighted by Gasteiger charge is -2.17. The molecule has 0 heterocycles. The van der Waals surface area contributed by atoms with Crippen LogP contribution in [0.3, 0.4) is 0 Å². The molecular formula is C18H18ClFN2O3. The number of nitrogens with one attached hydrogen (secondary N) is 1. The predicted molar refractivity (Wildman–Crippen MR) is 94.4 cm³/mol. The maximum absolute atomic E-state index is 13.7. The van der Waals surface area contributed by atoms with Gasteiger partial charge in [-0.2, -0.15) is 0 Å². The number of anilines is 1. The molecule has 0 aromatic heterocycles. The average molecular weight is 365 g/mol. The Morgan fingerprint density at radius 1 is 1.24 bits per heavy atom. The number of methoxy groups -OCH3 is 1. The van der Waals surface area contributed by atoms with E-state index in [0.29, 0.717) is 16.3 Å². The highest BCUT2D eigenvalue weighted by molar-refractivity contribution is 6.33. The van der Waals surface area contributed by atoms with Gasteiger partial charge in [0, 0.05) is 7.05 Å². The van der Waals surface area contributed by atoms with Crippen LogP contribution in [0.15, 0.2) is 42.5 Å². The van der Waals surface area contributed by atoms with Crippen LogP contribution in [0.25, 0.3) is 0 Å². The first-order valence-electron chi connectivity index (χ1n) is 7.51. The Morgan fingerprint density at radius 3 is 2.60 bits per heavy atom. The summed E-state index contributed by atoms with van der Waals surface area (Å²) in [6.07, 6.45) is -0.0171. The Hall–Kier alpha value is -2.60. The third-order valence-corrected chi connectivity index (χ3v) is 3.86. The summed E-state index contributed by atoms with van der Waals surface area (Å²) >= 11 is 5.97. The molecular weight excluding hydrogens is 347 g/mol. The Kier molecular flexibility index (Phi) is 6.36. The molecule has 7 heteroatoms. The highest BCUT2D eigenvalue weighted by Crippen LogP contribution is 2.20. The Labute approximate surface area is 150 Å². The smallest absolute Gasteiger partial charge is 0.244 e. The maximum atomic E-state index is 13.7. The monoisotopic (exact) mass is 364 g/mol. The van der Waals surface area contributed by atoms with E-state index in [9.17, 15) is 14.0 Å². The first-order valence-corrected chi connectivity index (χ1v) is 7.89. The van der Waals surface area contributed by atoms with Crippen molar-refractivity contribution in [2.75, 3.05) is 26.0 Å². The molecule has 2 amide bonds. The van der Waals surface area contributed by atoms with Crippen LogP contribution in [0.4, 0.5) is 10.1 Å². The second kappa shape index (κ2) is 8.48. The van der Waals surface area contributed by atoms with Crippen molar-refractivity contribution in [2.24, 2.45) is 0 Å². The number of likely N-dealkylation sites (N-methyl/N-ethyl adjacent to an activating group) is 1. The van der Waals surface area contributed by atoms with Crippen molar-refractivity contribution in [2.45, 2.75) is 6.42 Å². The van der Waals surface area contributed by atoms with Crippen molar-refractivity contribution in [3.8, 4) is 5.75 Å². The van der Waals surface area contributed by atoms with Gasteiger partial charge in [0.2, 0.25) is 11.8 Å². The van der Waals surface area contributed by atoms with E-state index in [1.807, 2.05) is 0 Å². The molecule has 0 saturated carbocycles. The second-order valence-corrected chi connectivity index (χ2v) is 5.83. The zero-order valence-electron chi connectivity index (χ0n) is 13.9. The van der Waals surface area contributed by atoms with Gasteiger partial charge in [0.05, 0.1) is 30.8 Å². The predicted octanol–water partition coefficient (Wildman–Crippen LogP) is 3.13. The fourth-order valence-corrected chi connectivity index (χ4v) is 2.37. The van der Waals surface area contributed by atoms with Gasteiger partial charge in [0.25, 0.3) is 0 Å². The molecule has 0 aliphatic carbocycles. The highest BCUT2D eigenvalue weighted by Gasteiger charge is 2.15. The van der Waals surface area contributed by atoms with Crippen LogP contribution in [-0.2, 0) is 16.0 Å². The Bertz CT molecular complexity index is 783. The first kappa shape index (κ1) is 18.7. The minimum Gasteiger partial charge on any atom is -0.494 e. The van der Waals surface area contributed by atoms with Crippen molar-refractivity contribution >= 4 is 29.1 Å². The molecule has 2 aromatic rings. The summed E-state index contributed by atoms with van der Waals surface area (Å²) in [6.45, 7) is -0.136. The SMILES string of the molecule is COc1ccc(CC(=O)N(C)CC(=O)Nc2ccccc2Cl)cc1F. The summed E-state index contributed by atoms with van der Waals surface area (Å²) in [5, 5.41) is 3.06. The number of carbonyl (C=O) groups excluding carboxylic acids is 2. The van der Waals surface area contributed by atoms with Crippen LogP contribution >= 0.6 is 11.6 Å². The minimum atomic E-state index is -0.535. The van der Waals surface area contributed by atoms with Crippen molar-refractivity contribution < 1.29 is 18.7 Å². The number of ether oxygens (including phenoxy) is 1. The van der Waals surface area contributed by atoms with Gasteiger partial charge < -0.3 is 15.0 Å². The van der Waals surface area contributed by atoms with Gasteiger partial charge in [-0.1, -0.05) is 29.8 Å². The van der Waals surface area contributed by atoms with Gasteiger partial charge in [-0.25, -0.2) is 4.39 Å². The average Bonchev–Trinajstić information content (AvgIpc) is 2.57. The van der Waals surface area contributed by atoms with Crippen molar-refractivity contribution in [1.29, 1.82) is 0 Å². The number of carbonyl (C=O) groups is 2. The van der Waals surface area contributed by atoms with Crippen LogP contribution < -0.4 is 10.1 Å². The number of hydrogen-bond donors (Lipinski definition) is 1. The maximum Gasteiger partial charge on any atom is 0.244 e. The van der Waals surface area contributed by atoms with Gasteiger partial charge in [0.1, 0.15) is 0 Å². The van der Waals surface area contributed by atoms with E-state index in [1.54, 1.807) is 30.3 Å². The number of amides is 2. The zero-order valence-corrected chi connectivity index (χ0v) is 14.6. The van der Waals surface area contributed by atoms with Crippen molar-refractivity contribution in [3.05, 3.63) is 58.9 Å². The van der Waals surface area contributed by atoms with Crippen LogP contribution in [0.5, 0.6) is 5.75 Å². The van der Waals surface area contributed by atoms with E-state index < -0.39 is 5.82 Å². The third kappa shape index (κ3) is 5.19. The molecule has 2 rings (SSSR count). The lowest BCUT2D eigenvalue weighted by molar-refractivity contribution is -0.132. The summed E-state index contributed by atoms with van der Waals surface area (Å²) in [5.41, 5.74) is 0.980. The normalized spacial score (nSPS) is 10.2. The molecule has 1 N–H and O–H groups in total. The summed E-state index contributed by atoms with van der Waals surface area (Å²) in [4.78, 5) is 25.5. The molecule has 5 nitrogen and oxygen atoms in total. The van der Waals surface area contributed by atoms with Crippen LogP contribution in [0.1, 0.15) is 5.56 Å². The molecule has 132 valence electrons. The number of nitrogens with zero attached hydrogens (tertiary/aromatic N) is 1. The standard InChI is InChI=1S/C18H18ClFN2O3/c1-22(11-17(23)21-15-6-4-3-5-13(15)19)18(24)10-12-7-8-16(25-2)14(20)9-12/h3-9H,10-11H2,1-2H3,(H,21,23). The topological polar surface area (TPSA) is 58.6 Å². The fourth-order valence-electron chi connectivity index (χ4n) is 2.19. The molecule has 0 fully saturated rings. The van der Waals surface area contributed by atoms with Gasteiger partial charge >= 0.3 is 0 Å². The largest absolute Gasteiger partial charge is 0.494 e.